The maximum atomic E-state index is 11.8. The summed E-state index contributed by atoms with van der Waals surface area (Å²) in [6, 6.07) is 16.3. The fraction of sp³-hybridized carbons (Fsp3) is 0.263. The van der Waals surface area contributed by atoms with Crippen LogP contribution >= 0.6 is 0 Å². The summed E-state index contributed by atoms with van der Waals surface area (Å²) < 4.78 is 10.9. The van der Waals surface area contributed by atoms with Gasteiger partial charge in [-0.15, -0.1) is 0 Å². The fourth-order valence-electron chi connectivity index (χ4n) is 1.95. The lowest BCUT2D eigenvalue weighted by Gasteiger charge is -2.19. The third-order valence-electron chi connectivity index (χ3n) is 2.96. The topological polar surface area (TPSA) is 71.3 Å². The molecule has 0 bridgehead atoms. The Balaban J connectivity index is 1.94. The molecule has 1 N–H and O–H groups in total. The molecule has 0 saturated carbocycles. The third-order valence-corrected chi connectivity index (χ3v) is 2.96. The molecule has 0 aliphatic rings. The second-order valence-electron chi connectivity index (χ2n) is 6.25. The van der Waals surface area contributed by atoms with E-state index in [1.165, 1.54) is 0 Å². The first-order chi connectivity index (χ1) is 11.4. The van der Waals surface area contributed by atoms with Crippen LogP contribution in [0, 0.1) is 11.3 Å². The molecule has 2 aromatic carbocycles. The Morgan fingerprint density at radius 1 is 1.17 bits per heavy atom. The molecule has 5 nitrogen and oxygen atoms in total. The zero-order valence-electron chi connectivity index (χ0n) is 14.0. The average Bonchev–Trinajstić information content (AvgIpc) is 2.52. The molecule has 2 rings (SSSR count). The van der Waals surface area contributed by atoms with E-state index < -0.39 is 11.7 Å². The predicted molar refractivity (Wildman–Crippen MR) is 91.8 cm³/mol. The molecular formula is C19H20N2O3. The smallest absolute Gasteiger partial charge is 0.412 e. The molecule has 0 unspecified atom stereocenters. The van der Waals surface area contributed by atoms with E-state index in [4.69, 9.17) is 14.7 Å². The van der Waals surface area contributed by atoms with E-state index in [0.29, 0.717) is 23.6 Å². The van der Waals surface area contributed by atoms with Crippen LogP contribution in [-0.2, 0) is 11.3 Å². The van der Waals surface area contributed by atoms with Gasteiger partial charge in [0.15, 0.2) is 0 Å². The average molecular weight is 324 g/mol. The first kappa shape index (κ1) is 17.4. The molecule has 1 amide bonds. The first-order valence-corrected chi connectivity index (χ1v) is 7.58. The van der Waals surface area contributed by atoms with Crippen molar-refractivity contribution >= 4 is 11.8 Å². The van der Waals surface area contributed by atoms with Gasteiger partial charge in [-0.2, -0.15) is 5.26 Å². The van der Waals surface area contributed by atoms with Gasteiger partial charge in [0.05, 0.1) is 11.6 Å². The number of carbonyl (C=O) groups excluding carboxylic acids is 1. The highest BCUT2D eigenvalue weighted by Crippen LogP contribution is 2.17. The van der Waals surface area contributed by atoms with Crippen molar-refractivity contribution in [2.45, 2.75) is 33.0 Å². The number of nitrogens with zero attached hydrogens (tertiary/aromatic N) is 1. The normalized spacial score (nSPS) is 10.6. The molecule has 0 saturated heterocycles. The Morgan fingerprint density at radius 2 is 1.88 bits per heavy atom. The molecule has 0 aliphatic carbocycles. The van der Waals surface area contributed by atoms with E-state index in [0.717, 1.165) is 5.56 Å². The lowest BCUT2D eigenvalue weighted by Crippen LogP contribution is -2.27. The van der Waals surface area contributed by atoms with E-state index in [2.05, 4.69) is 11.4 Å². The number of amides is 1. The largest absolute Gasteiger partial charge is 0.489 e. The van der Waals surface area contributed by atoms with Crippen LogP contribution in [0.25, 0.3) is 0 Å². The number of hydrogen-bond acceptors (Lipinski definition) is 4. The van der Waals surface area contributed by atoms with Gasteiger partial charge < -0.3 is 9.47 Å². The van der Waals surface area contributed by atoms with Gasteiger partial charge in [-0.3, -0.25) is 5.32 Å². The molecule has 0 aliphatic heterocycles. The third kappa shape index (κ3) is 5.65. The number of benzene rings is 2. The lowest BCUT2D eigenvalue weighted by atomic mass is 10.2. The molecule has 0 aromatic heterocycles. The van der Waals surface area contributed by atoms with E-state index in [1.54, 1.807) is 30.3 Å². The minimum Gasteiger partial charge on any atom is -0.489 e. The van der Waals surface area contributed by atoms with Crippen molar-refractivity contribution in [3.63, 3.8) is 0 Å². The number of rotatable bonds is 4. The highest BCUT2D eigenvalue weighted by Gasteiger charge is 2.16. The second kappa shape index (κ2) is 7.51. The number of carbonyl (C=O) groups is 1. The Kier molecular flexibility index (Phi) is 5.43. The maximum absolute atomic E-state index is 11.8. The number of nitrogens with one attached hydrogen (secondary N) is 1. The zero-order valence-corrected chi connectivity index (χ0v) is 14.0. The van der Waals surface area contributed by atoms with Crippen molar-refractivity contribution < 1.29 is 14.3 Å². The van der Waals surface area contributed by atoms with Gasteiger partial charge in [0.25, 0.3) is 0 Å². The number of anilines is 1. The molecule has 0 atom stereocenters. The standard InChI is InChI=1S/C19H20N2O3/c1-19(2,3)24-18(22)21-16-6-4-5-15(11-16)13-23-17-9-7-14(12-20)8-10-17/h4-11H,13H2,1-3H3,(H,21,22). The molecule has 5 heteroatoms. The molecule has 24 heavy (non-hydrogen) atoms. The number of ether oxygens (including phenoxy) is 2. The van der Waals surface area contributed by atoms with Gasteiger partial charge in [0.1, 0.15) is 18.0 Å². The highest BCUT2D eigenvalue weighted by molar-refractivity contribution is 5.84. The molecule has 124 valence electrons. The van der Waals surface area contributed by atoms with Gasteiger partial charge in [-0.1, -0.05) is 12.1 Å². The van der Waals surface area contributed by atoms with Gasteiger partial charge in [0, 0.05) is 5.69 Å². The lowest BCUT2D eigenvalue weighted by molar-refractivity contribution is 0.0636. The Hall–Kier alpha value is -3.00. The Labute approximate surface area is 141 Å². The predicted octanol–water partition coefficient (Wildman–Crippen LogP) is 4.48. The fourth-order valence-corrected chi connectivity index (χ4v) is 1.95. The Morgan fingerprint density at radius 3 is 2.50 bits per heavy atom. The molecule has 0 radical (unpaired) electrons. The maximum Gasteiger partial charge on any atom is 0.412 e. The highest BCUT2D eigenvalue weighted by atomic mass is 16.6. The van der Waals surface area contributed by atoms with Gasteiger partial charge >= 0.3 is 6.09 Å². The summed E-state index contributed by atoms with van der Waals surface area (Å²) in [4.78, 5) is 11.8. The zero-order chi connectivity index (χ0) is 17.6. The summed E-state index contributed by atoms with van der Waals surface area (Å²) in [7, 11) is 0. The summed E-state index contributed by atoms with van der Waals surface area (Å²) in [6.45, 7) is 5.80. The monoisotopic (exact) mass is 324 g/mol. The van der Waals surface area contributed by atoms with Crippen molar-refractivity contribution in [1.82, 2.24) is 0 Å². The van der Waals surface area contributed by atoms with Crippen LogP contribution in [0.2, 0.25) is 0 Å². The molecule has 0 heterocycles. The van der Waals surface area contributed by atoms with Crippen molar-refractivity contribution in [3.8, 4) is 11.8 Å². The summed E-state index contributed by atoms with van der Waals surface area (Å²) in [5, 5.41) is 11.5. The Bertz CT molecular complexity index is 740. The van der Waals surface area contributed by atoms with Crippen LogP contribution in [0.15, 0.2) is 48.5 Å². The van der Waals surface area contributed by atoms with Crippen molar-refractivity contribution in [2.75, 3.05) is 5.32 Å². The molecule has 2 aromatic rings. The molecule has 0 fully saturated rings. The van der Waals surface area contributed by atoms with E-state index in [9.17, 15) is 4.79 Å². The van der Waals surface area contributed by atoms with Crippen LogP contribution < -0.4 is 10.1 Å². The van der Waals surface area contributed by atoms with E-state index in [-0.39, 0.29) is 0 Å². The SMILES string of the molecule is CC(C)(C)OC(=O)Nc1cccc(COc2ccc(C#N)cc2)c1. The van der Waals surface area contributed by atoms with Crippen molar-refractivity contribution in [2.24, 2.45) is 0 Å². The van der Waals surface area contributed by atoms with Crippen LogP contribution in [0.1, 0.15) is 31.9 Å². The second-order valence-corrected chi connectivity index (χ2v) is 6.25. The first-order valence-electron chi connectivity index (χ1n) is 7.58. The molecule has 0 spiro atoms. The summed E-state index contributed by atoms with van der Waals surface area (Å²) in [5.41, 5.74) is 1.60. The summed E-state index contributed by atoms with van der Waals surface area (Å²) in [5.74, 6) is 0.680. The van der Waals surface area contributed by atoms with Gasteiger partial charge in [0.2, 0.25) is 0 Å². The summed E-state index contributed by atoms with van der Waals surface area (Å²) >= 11 is 0. The van der Waals surface area contributed by atoms with Crippen LogP contribution in [-0.4, -0.2) is 11.7 Å². The quantitative estimate of drug-likeness (QED) is 0.900. The van der Waals surface area contributed by atoms with E-state index in [1.807, 2.05) is 39.0 Å². The van der Waals surface area contributed by atoms with Crippen LogP contribution in [0.3, 0.4) is 0 Å². The van der Waals surface area contributed by atoms with E-state index >= 15 is 0 Å². The number of nitriles is 1. The van der Waals surface area contributed by atoms with Gasteiger partial charge in [-0.05, 0) is 62.7 Å². The van der Waals surface area contributed by atoms with Gasteiger partial charge in [-0.25, -0.2) is 4.79 Å². The van der Waals surface area contributed by atoms with Crippen LogP contribution in [0.5, 0.6) is 5.75 Å². The minimum atomic E-state index is -0.541. The number of hydrogen-bond donors (Lipinski definition) is 1. The van der Waals surface area contributed by atoms with Crippen molar-refractivity contribution in [3.05, 3.63) is 59.7 Å². The summed E-state index contributed by atoms with van der Waals surface area (Å²) in [6.07, 6.45) is -0.493. The minimum absolute atomic E-state index is 0.357. The molecular weight excluding hydrogens is 304 g/mol. The van der Waals surface area contributed by atoms with Crippen molar-refractivity contribution in [1.29, 1.82) is 5.26 Å². The van der Waals surface area contributed by atoms with Crippen LogP contribution in [0.4, 0.5) is 10.5 Å².